The number of piperazine rings is 1. The monoisotopic (exact) mass is 380 g/mol. The molecule has 0 saturated carbocycles. The largest absolute Gasteiger partial charge is 0.350 e. The minimum Gasteiger partial charge on any atom is -0.350 e. The number of anilines is 1. The molecule has 3 heterocycles. The number of fused-ring (bicyclic) bond motifs is 1. The lowest BCUT2D eigenvalue weighted by Gasteiger charge is -2.42. The molecule has 1 aliphatic heterocycles. The van der Waals surface area contributed by atoms with Gasteiger partial charge in [-0.2, -0.15) is 0 Å². The van der Waals surface area contributed by atoms with E-state index in [4.69, 9.17) is 5.73 Å². The topological polar surface area (TPSA) is 88.2 Å². The maximum absolute atomic E-state index is 12.9. The van der Waals surface area contributed by atoms with E-state index in [1.807, 2.05) is 23.1 Å². The molecule has 2 aliphatic rings. The van der Waals surface area contributed by atoms with E-state index in [2.05, 4.69) is 33.7 Å². The van der Waals surface area contributed by atoms with Gasteiger partial charge in [-0.1, -0.05) is 13.0 Å². The van der Waals surface area contributed by atoms with Crippen LogP contribution in [0.15, 0.2) is 30.7 Å². The standard InChI is InChI=1S/C21H28N6O/c1-14-6-7-18-19(14)20(25-13-24-18)27-10-9-26(12-15(27)2)21(28)17(22)11-16-5-3-4-8-23-16/h3-5,8,13-15,17H,6-7,9-12,22H2,1-2H3/t14-,15+,17-/m1/s1. The van der Waals surface area contributed by atoms with Crippen molar-refractivity contribution in [3.8, 4) is 0 Å². The maximum Gasteiger partial charge on any atom is 0.240 e. The van der Waals surface area contributed by atoms with Gasteiger partial charge in [0.1, 0.15) is 12.1 Å². The molecule has 2 N–H and O–H groups in total. The van der Waals surface area contributed by atoms with Gasteiger partial charge < -0.3 is 15.5 Å². The number of pyridine rings is 1. The van der Waals surface area contributed by atoms with Crippen LogP contribution in [0.25, 0.3) is 0 Å². The lowest BCUT2D eigenvalue weighted by molar-refractivity contribution is -0.133. The van der Waals surface area contributed by atoms with Crippen LogP contribution in [0.1, 0.15) is 43.1 Å². The van der Waals surface area contributed by atoms with Crippen LogP contribution in [0.5, 0.6) is 0 Å². The number of carbonyl (C=O) groups excluding carboxylic acids is 1. The lowest BCUT2D eigenvalue weighted by atomic mass is 10.0. The maximum atomic E-state index is 12.9. The number of rotatable bonds is 4. The number of carbonyl (C=O) groups is 1. The van der Waals surface area contributed by atoms with E-state index in [9.17, 15) is 4.79 Å². The minimum absolute atomic E-state index is 0.00145. The van der Waals surface area contributed by atoms with E-state index in [-0.39, 0.29) is 11.9 Å². The Hall–Kier alpha value is -2.54. The van der Waals surface area contributed by atoms with E-state index >= 15 is 0 Å². The van der Waals surface area contributed by atoms with E-state index < -0.39 is 6.04 Å². The first-order valence-electron chi connectivity index (χ1n) is 10.1. The summed E-state index contributed by atoms with van der Waals surface area (Å²) in [5.74, 6) is 1.54. The van der Waals surface area contributed by atoms with Gasteiger partial charge in [0, 0.05) is 55.2 Å². The summed E-state index contributed by atoms with van der Waals surface area (Å²) < 4.78 is 0. The number of hydrogen-bond acceptors (Lipinski definition) is 6. The van der Waals surface area contributed by atoms with E-state index in [1.165, 1.54) is 11.3 Å². The third kappa shape index (κ3) is 3.58. The molecule has 3 atom stereocenters. The van der Waals surface area contributed by atoms with Crippen molar-refractivity contribution in [3.05, 3.63) is 47.7 Å². The summed E-state index contributed by atoms with van der Waals surface area (Å²) in [6, 6.07) is 5.32. The molecule has 148 valence electrons. The Labute approximate surface area is 166 Å². The number of aryl methyl sites for hydroxylation is 1. The molecule has 1 aliphatic carbocycles. The van der Waals surface area contributed by atoms with Gasteiger partial charge >= 0.3 is 0 Å². The van der Waals surface area contributed by atoms with Crippen molar-refractivity contribution in [1.29, 1.82) is 0 Å². The molecule has 4 rings (SSSR count). The predicted molar refractivity (Wildman–Crippen MR) is 108 cm³/mol. The zero-order valence-corrected chi connectivity index (χ0v) is 16.6. The van der Waals surface area contributed by atoms with Crippen LogP contribution in [-0.2, 0) is 17.6 Å². The summed E-state index contributed by atoms with van der Waals surface area (Å²) in [6.07, 6.45) is 6.04. The molecule has 0 aromatic carbocycles. The van der Waals surface area contributed by atoms with E-state index in [0.29, 0.717) is 25.4 Å². The molecule has 1 amide bonds. The third-order valence-electron chi connectivity index (χ3n) is 5.94. The van der Waals surface area contributed by atoms with Crippen LogP contribution >= 0.6 is 0 Å². The molecule has 0 radical (unpaired) electrons. The number of nitrogens with two attached hydrogens (primary N) is 1. The van der Waals surface area contributed by atoms with Gasteiger partial charge in [0.25, 0.3) is 0 Å². The van der Waals surface area contributed by atoms with Crippen molar-refractivity contribution in [1.82, 2.24) is 19.9 Å². The van der Waals surface area contributed by atoms with Gasteiger partial charge in [0.2, 0.25) is 5.91 Å². The van der Waals surface area contributed by atoms with Gasteiger partial charge in [-0.3, -0.25) is 9.78 Å². The second-order valence-corrected chi connectivity index (χ2v) is 7.96. The normalized spacial score (nSPS) is 22.8. The highest BCUT2D eigenvalue weighted by Crippen LogP contribution is 2.37. The summed E-state index contributed by atoms with van der Waals surface area (Å²) in [5.41, 5.74) is 9.52. The highest BCUT2D eigenvalue weighted by atomic mass is 16.2. The van der Waals surface area contributed by atoms with Gasteiger partial charge in [-0.05, 0) is 37.8 Å². The molecule has 1 saturated heterocycles. The second kappa shape index (κ2) is 7.83. The first-order chi connectivity index (χ1) is 13.5. The van der Waals surface area contributed by atoms with Crippen molar-refractivity contribution >= 4 is 11.7 Å². The van der Waals surface area contributed by atoms with Crippen LogP contribution < -0.4 is 10.6 Å². The number of nitrogens with zero attached hydrogens (tertiary/aromatic N) is 5. The van der Waals surface area contributed by atoms with Crippen LogP contribution in [0.4, 0.5) is 5.82 Å². The smallest absolute Gasteiger partial charge is 0.240 e. The van der Waals surface area contributed by atoms with Gasteiger partial charge in [-0.15, -0.1) is 0 Å². The first kappa shape index (κ1) is 18.8. The first-order valence-corrected chi connectivity index (χ1v) is 10.1. The van der Waals surface area contributed by atoms with Crippen molar-refractivity contribution in [2.75, 3.05) is 24.5 Å². The molecule has 7 nitrogen and oxygen atoms in total. The Morgan fingerprint density at radius 1 is 1.25 bits per heavy atom. The number of amides is 1. The molecule has 28 heavy (non-hydrogen) atoms. The zero-order chi connectivity index (χ0) is 19.7. The van der Waals surface area contributed by atoms with Crippen molar-refractivity contribution in [3.63, 3.8) is 0 Å². The Balaban J connectivity index is 1.43. The van der Waals surface area contributed by atoms with Crippen LogP contribution in [0, 0.1) is 0 Å². The summed E-state index contributed by atoms with van der Waals surface area (Å²) >= 11 is 0. The van der Waals surface area contributed by atoms with E-state index in [1.54, 1.807) is 12.5 Å². The fraction of sp³-hybridized carbons (Fsp3) is 0.524. The number of aromatic nitrogens is 3. The Bertz CT molecular complexity index is 842. The fourth-order valence-corrected chi connectivity index (χ4v) is 4.39. The van der Waals surface area contributed by atoms with Crippen molar-refractivity contribution in [2.24, 2.45) is 5.73 Å². The minimum atomic E-state index is -0.558. The fourth-order valence-electron chi connectivity index (χ4n) is 4.39. The Morgan fingerprint density at radius 2 is 2.11 bits per heavy atom. The predicted octanol–water partition coefficient (Wildman–Crippen LogP) is 1.53. The SMILES string of the molecule is C[C@@H]1CCc2ncnc(N3CCN(C(=O)[C@H](N)Cc4ccccn4)C[C@@H]3C)c21. The molecule has 0 unspecified atom stereocenters. The van der Waals surface area contributed by atoms with Crippen molar-refractivity contribution in [2.45, 2.75) is 51.1 Å². The third-order valence-corrected chi connectivity index (χ3v) is 5.94. The molecule has 0 bridgehead atoms. The molecule has 2 aromatic rings. The highest BCUT2D eigenvalue weighted by molar-refractivity contribution is 5.82. The van der Waals surface area contributed by atoms with E-state index in [0.717, 1.165) is 30.9 Å². The Kier molecular flexibility index (Phi) is 5.26. The average Bonchev–Trinajstić information content (AvgIpc) is 3.09. The summed E-state index contributed by atoms with van der Waals surface area (Å²) in [5, 5.41) is 0. The second-order valence-electron chi connectivity index (χ2n) is 7.96. The number of hydrogen-bond donors (Lipinski definition) is 1. The molecule has 0 spiro atoms. The zero-order valence-electron chi connectivity index (χ0n) is 16.6. The average molecular weight is 380 g/mol. The molecular formula is C21H28N6O. The van der Waals surface area contributed by atoms with Crippen LogP contribution in [0.3, 0.4) is 0 Å². The molecule has 7 heteroatoms. The summed E-state index contributed by atoms with van der Waals surface area (Å²) in [7, 11) is 0. The van der Waals surface area contributed by atoms with Crippen LogP contribution in [-0.4, -0.2) is 57.5 Å². The quantitative estimate of drug-likeness (QED) is 0.865. The lowest BCUT2D eigenvalue weighted by Crippen LogP contribution is -2.57. The summed E-state index contributed by atoms with van der Waals surface area (Å²) in [4.78, 5) is 30.4. The summed E-state index contributed by atoms with van der Waals surface area (Å²) in [6.45, 7) is 6.48. The van der Waals surface area contributed by atoms with Crippen molar-refractivity contribution < 1.29 is 4.79 Å². The molecule has 1 fully saturated rings. The Morgan fingerprint density at radius 3 is 2.86 bits per heavy atom. The highest BCUT2D eigenvalue weighted by Gasteiger charge is 2.33. The van der Waals surface area contributed by atoms with Gasteiger partial charge in [-0.25, -0.2) is 9.97 Å². The van der Waals surface area contributed by atoms with Gasteiger partial charge in [0.05, 0.1) is 6.04 Å². The molecule has 2 aromatic heterocycles. The molecular weight excluding hydrogens is 352 g/mol. The van der Waals surface area contributed by atoms with Crippen LogP contribution in [0.2, 0.25) is 0 Å². The van der Waals surface area contributed by atoms with Gasteiger partial charge in [0.15, 0.2) is 0 Å².